The summed E-state index contributed by atoms with van der Waals surface area (Å²) >= 11 is 1.86. The molecule has 2 aromatic rings. The van der Waals surface area contributed by atoms with Crippen molar-refractivity contribution in [2.75, 3.05) is 7.05 Å². The monoisotopic (exact) mass is 218 g/mol. The second-order valence-electron chi connectivity index (χ2n) is 3.45. The summed E-state index contributed by atoms with van der Waals surface area (Å²) < 4.78 is 1.31. The number of fused-ring (bicyclic) bond motifs is 1. The molecule has 0 saturated heterocycles. The van der Waals surface area contributed by atoms with Gasteiger partial charge in [-0.3, -0.25) is 9.98 Å². The minimum atomic E-state index is 1.13. The first-order valence-corrected chi connectivity index (χ1v) is 5.96. The first kappa shape index (κ1) is 10.3. The van der Waals surface area contributed by atoms with Gasteiger partial charge < -0.3 is 0 Å². The molecule has 78 valence electrons. The predicted octanol–water partition coefficient (Wildman–Crippen LogP) is 3.30. The van der Waals surface area contributed by atoms with Crippen molar-refractivity contribution in [1.82, 2.24) is 4.98 Å². The fourth-order valence-corrected chi connectivity index (χ4v) is 2.94. The Morgan fingerprint density at radius 2 is 2.40 bits per heavy atom. The Labute approximate surface area is 93.7 Å². The van der Waals surface area contributed by atoms with E-state index in [4.69, 9.17) is 0 Å². The van der Waals surface area contributed by atoms with Crippen LogP contribution in [-0.4, -0.2) is 18.2 Å². The van der Waals surface area contributed by atoms with Crippen LogP contribution in [0.3, 0.4) is 0 Å². The lowest BCUT2D eigenvalue weighted by molar-refractivity contribution is 0.939. The molecule has 0 amide bonds. The van der Waals surface area contributed by atoms with E-state index in [0.29, 0.717) is 0 Å². The van der Waals surface area contributed by atoms with Crippen molar-refractivity contribution in [1.29, 1.82) is 0 Å². The molecule has 0 aliphatic rings. The van der Waals surface area contributed by atoms with Crippen LogP contribution < -0.4 is 0 Å². The maximum atomic E-state index is 4.17. The molecule has 3 heteroatoms. The van der Waals surface area contributed by atoms with Crippen LogP contribution in [0, 0.1) is 0 Å². The molecule has 0 radical (unpaired) electrons. The van der Waals surface area contributed by atoms with Crippen LogP contribution in [0.5, 0.6) is 0 Å². The molecule has 0 atom stereocenters. The molecule has 2 nitrogen and oxygen atoms in total. The van der Waals surface area contributed by atoms with Crippen LogP contribution in [0.1, 0.15) is 23.8 Å². The van der Waals surface area contributed by atoms with Gasteiger partial charge in [0.05, 0.1) is 0 Å². The molecule has 0 fully saturated rings. The van der Waals surface area contributed by atoms with E-state index in [1.807, 2.05) is 37.0 Å². The summed E-state index contributed by atoms with van der Waals surface area (Å²) in [6.07, 6.45) is 8.03. The number of hydrogen-bond acceptors (Lipinski definition) is 3. The number of thiophene rings is 1. The van der Waals surface area contributed by atoms with E-state index in [1.165, 1.54) is 26.9 Å². The van der Waals surface area contributed by atoms with E-state index in [1.54, 1.807) is 0 Å². The molecule has 0 spiro atoms. The summed E-state index contributed by atoms with van der Waals surface area (Å²) in [5.41, 5.74) is 1.26. The first-order chi connectivity index (χ1) is 7.36. The third-order valence-electron chi connectivity index (χ3n) is 2.34. The van der Waals surface area contributed by atoms with Crippen molar-refractivity contribution in [3.63, 3.8) is 0 Å². The van der Waals surface area contributed by atoms with Gasteiger partial charge in [0.15, 0.2) is 0 Å². The van der Waals surface area contributed by atoms with Gasteiger partial charge in [0, 0.05) is 46.2 Å². The minimum Gasteiger partial charge on any atom is -0.296 e. The summed E-state index contributed by atoms with van der Waals surface area (Å²) in [5, 5.41) is 1.23. The molecule has 0 saturated carbocycles. The lowest BCUT2D eigenvalue weighted by atomic mass is 10.1. The highest BCUT2D eigenvalue weighted by Gasteiger charge is 2.09. The Kier molecular flexibility index (Phi) is 3.11. The lowest BCUT2D eigenvalue weighted by Gasteiger charge is -1.95. The highest BCUT2D eigenvalue weighted by molar-refractivity contribution is 7.19. The highest BCUT2D eigenvalue weighted by atomic mass is 32.1. The molecule has 0 N–H and O–H groups in total. The van der Waals surface area contributed by atoms with E-state index < -0.39 is 0 Å². The van der Waals surface area contributed by atoms with Crippen molar-refractivity contribution < 1.29 is 0 Å². The van der Waals surface area contributed by atoms with Gasteiger partial charge in [0.25, 0.3) is 0 Å². The molecule has 15 heavy (non-hydrogen) atoms. The molecule has 2 aromatic heterocycles. The topological polar surface area (TPSA) is 25.2 Å². The molecule has 0 aliphatic carbocycles. The van der Waals surface area contributed by atoms with Crippen molar-refractivity contribution in [3.05, 3.63) is 28.9 Å². The summed E-state index contributed by atoms with van der Waals surface area (Å²) in [7, 11) is 1.82. The SMILES string of the molecule is CCCc1sc2ccncc2c1C=NC. The van der Waals surface area contributed by atoms with Crippen LogP contribution in [0.2, 0.25) is 0 Å². The first-order valence-electron chi connectivity index (χ1n) is 5.14. The quantitative estimate of drug-likeness (QED) is 0.726. The second kappa shape index (κ2) is 4.53. The molecule has 0 unspecified atom stereocenters. The van der Waals surface area contributed by atoms with E-state index in [0.717, 1.165) is 6.42 Å². The minimum absolute atomic E-state index is 1.13. The number of aryl methyl sites for hydroxylation is 1. The number of pyridine rings is 1. The molecule has 0 aromatic carbocycles. The number of aliphatic imine (C=N–C) groups is 1. The third kappa shape index (κ3) is 1.92. The second-order valence-corrected chi connectivity index (χ2v) is 4.58. The van der Waals surface area contributed by atoms with Crippen molar-refractivity contribution in [2.24, 2.45) is 4.99 Å². The highest BCUT2D eigenvalue weighted by Crippen LogP contribution is 2.30. The molecule has 2 heterocycles. The zero-order valence-electron chi connectivity index (χ0n) is 9.03. The Bertz CT molecular complexity index is 485. The van der Waals surface area contributed by atoms with Gasteiger partial charge in [-0.1, -0.05) is 13.3 Å². The Hall–Kier alpha value is -1.22. The molecule has 0 bridgehead atoms. The fraction of sp³-hybridized carbons (Fsp3) is 0.333. The maximum Gasteiger partial charge on any atom is 0.0383 e. The zero-order chi connectivity index (χ0) is 10.7. The van der Waals surface area contributed by atoms with E-state index in [-0.39, 0.29) is 0 Å². The van der Waals surface area contributed by atoms with E-state index in [2.05, 4.69) is 23.0 Å². The van der Waals surface area contributed by atoms with Gasteiger partial charge in [-0.15, -0.1) is 11.3 Å². The lowest BCUT2D eigenvalue weighted by Crippen LogP contribution is -1.86. The van der Waals surface area contributed by atoms with E-state index in [9.17, 15) is 0 Å². The number of aromatic nitrogens is 1. The van der Waals surface area contributed by atoms with Crippen molar-refractivity contribution >= 4 is 27.6 Å². The van der Waals surface area contributed by atoms with Gasteiger partial charge in [0.1, 0.15) is 0 Å². The van der Waals surface area contributed by atoms with Gasteiger partial charge in [0.2, 0.25) is 0 Å². The van der Waals surface area contributed by atoms with Crippen LogP contribution in [0.15, 0.2) is 23.5 Å². The number of rotatable bonds is 3. The number of hydrogen-bond donors (Lipinski definition) is 0. The normalized spacial score (nSPS) is 11.6. The summed E-state index contributed by atoms with van der Waals surface area (Å²) in [6, 6.07) is 2.08. The fourth-order valence-electron chi connectivity index (χ4n) is 1.69. The van der Waals surface area contributed by atoms with Crippen molar-refractivity contribution in [3.8, 4) is 0 Å². The van der Waals surface area contributed by atoms with Crippen LogP contribution in [0.4, 0.5) is 0 Å². The van der Waals surface area contributed by atoms with Crippen molar-refractivity contribution in [2.45, 2.75) is 19.8 Å². The smallest absolute Gasteiger partial charge is 0.0383 e. The van der Waals surface area contributed by atoms with Crippen LogP contribution >= 0.6 is 11.3 Å². The Balaban J connectivity index is 2.63. The van der Waals surface area contributed by atoms with Gasteiger partial charge in [-0.05, 0) is 12.5 Å². The summed E-state index contributed by atoms with van der Waals surface area (Å²) in [5.74, 6) is 0. The molecule has 2 rings (SSSR count). The van der Waals surface area contributed by atoms with Crippen LogP contribution in [-0.2, 0) is 6.42 Å². The Morgan fingerprint density at radius 3 is 3.13 bits per heavy atom. The molecule has 0 aliphatic heterocycles. The van der Waals surface area contributed by atoms with Crippen LogP contribution in [0.25, 0.3) is 10.1 Å². The average Bonchev–Trinajstić information content (AvgIpc) is 2.59. The molecular formula is C12H14N2S. The van der Waals surface area contributed by atoms with Gasteiger partial charge >= 0.3 is 0 Å². The largest absolute Gasteiger partial charge is 0.296 e. The predicted molar refractivity (Wildman–Crippen MR) is 67.1 cm³/mol. The molecular weight excluding hydrogens is 204 g/mol. The average molecular weight is 218 g/mol. The zero-order valence-corrected chi connectivity index (χ0v) is 9.84. The standard InChI is InChI=1S/C12H14N2S/c1-3-4-11-9(7-13-2)10-8-14-6-5-12(10)15-11/h5-8H,3-4H2,1-2H3. The Morgan fingerprint density at radius 1 is 1.53 bits per heavy atom. The summed E-state index contributed by atoms with van der Waals surface area (Å²) in [6.45, 7) is 2.20. The number of nitrogens with zero attached hydrogens (tertiary/aromatic N) is 2. The van der Waals surface area contributed by atoms with E-state index >= 15 is 0 Å². The van der Waals surface area contributed by atoms with Gasteiger partial charge in [-0.25, -0.2) is 0 Å². The van der Waals surface area contributed by atoms with Gasteiger partial charge in [-0.2, -0.15) is 0 Å². The maximum absolute atomic E-state index is 4.17. The third-order valence-corrected chi connectivity index (χ3v) is 3.59. The summed E-state index contributed by atoms with van der Waals surface area (Å²) in [4.78, 5) is 9.72.